The van der Waals surface area contributed by atoms with E-state index in [9.17, 15) is 9.18 Å². The number of aromatic nitrogens is 3. The summed E-state index contributed by atoms with van der Waals surface area (Å²) in [6.45, 7) is 4.41. The lowest BCUT2D eigenvalue weighted by molar-refractivity contribution is -0.124. The topological polar surface area (TPSA) is 59.8 Å². The summed E-state index contributed by atoms with van der Waals surface area (Å²) >= 11 is 0. The molecule has 0 saturated heterocycles. The van der Waals surface area contributed by atoms with Crippen LogP contribution in [-0.4, -0.2) is 26.7 Å². The molecule has 1 aromatic heterocycles. The molecule has 3 rings (SSSR count). The van der Waals surface area contributed by atoms with Gasteiger partial charge in [0.2, 0.25) is 5.91 Å². The van der Waals surface area contributed by atoms with Gasteiger partial charge in [-0.15, -0.1) is 10.2 Å². The number of hydrogen-bond donors (Lipinski definition) is 1. The van der Waals surface area contributed by atoms with Crippen LogP contribution in [0, 0.1) is 11.7 Å². The normalized spacial score (nSPS) is 17.4. The second-order valence-corrected chi connectivity index (χ2v) is 5.96. The molecule has 1 aromatic carbocycles. The van der Waals surface area contributed by atoms with Crippen LogP contribution in [0.25, 0.3) is 11.4 Å². The molecule has 0 unspecified atom stereocenters. The van der Waals surface area contributed by atoms with Crippen LogP contribution in [0.15, 0.2) is 24.3 Å². The minimum atomic E-state index is -0.274. The van der Waals surface area contributed by atoms with Gasteiger partial charge in [-0.05, 0) is 30.7 Å². The highest BCUT2D eigenvalue weighted by Gasteiger charge is 2.25. The maximum Gasteiger partial charge on any atom is 0.222 e. The molecule has 6 heteroatoms. The van der Waals surface area contributed by atoms with Crippen LogP contribution in [0.3, 0.4) is 0 Å². The molecule has 0 saturated carbocycles. The van der Waals surface area contributed by atoms with E-state index in [1.165, 1.54) is 12.1 Å². The summed E-state index contributed by atoms with van der Waals surface area (Å²) in [6.07, 6.45) is 1.64. The summed E-state index contributed by atoms with van der Waals surface area (Å²) < 4.78 is 15.1. The average molecular weight is 302 g/mol. The molecule has 1 aliphatic rings. The fourth-order valence-corrected chi connectivity index (χ4v) is 2.63. The third-order valence-corrected chi connectivity index (χ3v) is 3.92. The largest absolute Gasteiger partial charge is 0.351 e. The molecular weight excluding hydrogens is 283 g/mol. The van der Waals surface area contributed by atoms with E-state index in [4.69, 9.17) is 0 Å². The Kier molecular flexibility index (Phi) is 3.92. The highest BCUT2D eigenvalue weighted by atomic mass is 19.1. The zero-order chi connectivity index (χ0) is 15.7. The van der Waals surface area contributed by atoms with E-state index in [2.05, 4.69) is 15.5 Å². The fraction of sp³-hybridized carbons (Fsp3) is 0.438. The van der Waals surface area contributed by atoms with Crippen LogP contribution < -0.4 is 5.32 Å². The number of aryl methyl sites for hydroxylation is 1. The first-order chi connectivity index (χ1) is 10.5. The van der Waals surface area contributed by atoms with Gasteiger partial charge < -0.3 is 9.88 Å². The number of rotatable bonds is 3. The third kappa shape index (κ3) is 2.86. The number of amides is 1. The van der Waals surface area contributed by atoms with Crippen molar-refractivity contribution >= 4 is 5.91 Å². The number of hydrogen-bond acceptors (Lipinski definition) is 3. The smallest absolute Gasteiger partial charge is 0.222 e. The zero-order valence-electron chi connectivity index (χ0n) is 12.7. The first kappa shape index (κ1) is 14.7. The van der Waals surface area contributed by atoms with Crippen molar-refractivity contribution in [3.05, 3.63) is 35.9 Å². The van der Waals surface area contributed by atoms with Crippen molar-refractivity contribution in [1.82, 2.24) is 20.1 Å². The lowest BCUT2D eigenvalue weighted by atomic mass is 10.1. The van der Waals surface area contributed by atoms with Crippen LogP contribution in [0.2, 0.25) is 0 Å². The van der Waals surface area contributed by atoms with Crippen molar-refractivity contribution in [2.24, 2.45) is 5.92 Å². The molecule has 1 N–H and O–H groups in total. The van der Waals surface area contributed by atoms with E-state index in [0.717, 1.165) is 30.1 Å². The van der Waals surface area contributed by atoms with Gasteiger partial charge in [-0.25, -0.2) is 4.39 Å². The van der Waals surface area contributed by atoms with Crippen LogP contribution in [0.4, 0.5) is 4.39 Å². The number of nitrogens with one attached hydrogen (secondary N) is 1. The Morgan fingerprint density at radius 2 is 2.05 bits per heavy atom. The van der Waals surface area contributed by atoms with Gasteiger partial charge in [0.1, 0.15) is 11.6 Å². The first-order valence-electron chi connectivity index (χ1n) is 7.53. The Morgan fingerprint density at radius 3 is 2.73 bits per heavy atom. The molecule has 0 spiro atoms. The van der Waals surface area contributed by atoms with Gasteiger partial charge in [0, 0.05) is 30.5 Å². The predicted molar refractivity (Wildman–Crippen MR) is 80.5 cm³/mol. The molecule has 2 aromatic rings. The molecule has 2 heterocycles. The summed E-state index contributed by atoms with van der Waals surface area (Å²) in [5, 5.41) is 11.5. The summed E-state index contributed by atoms with van der Waals surface area (Å²) in [5.41, 5.74) is 0.830. The van der Waals surface area contributed by atoms with Crippen LogP contribution >= 0.6 is 0 Å². The molecular formula is C16H19FN4O. The highest BCUT2D eigenvalue weighted by molar-refractivity contribution is 5.78. The van der Waals surface area contributed by atoms with Crippen LogP contribution in [0.1, 0.15) is 26.1 Å². The van der Waals surface area contributed by atoms with Gasteiger partial charge in [0.05, 0.1) is 0 Å². The second kappa shape index (κ2) is 5.87. The lowest BCUT2D eigenvalue weighted by Gasteiger charge is -2.26. The molecule has 0 radical (unpaired) electrons. The zero-order valence-corrected chi connectivity index (χ0v) is 12.7. The molecule has 0 aliphatic carbocycles. The molecule has 1 aliphatic heterocycles. The van der Waals surface area contributed by atoms with E-state index in [1.54, 1.807) is 12.1 Å². The molecule has 1 atom stereocenters. The van der Waals surface area contributed by atoms with Crippen LogP contribution in [-0.2, 0) is 17.8 Å². The minimum Gasteiger partial charge on any atom is -0.351 e. The highest BCUT2D eigenvalue weighted by Crippen LogP contribution is 2.23. The lowest BCUT2D eigenvalue weighted by Crippen LogP contribution is -2.42. The standard InChI is InChI=1S/C16H19FN4O/c1-10(2)16(22)18-13-7-8-14-19-20-15(21(14)9-13)11-3-5-12(17)6-4-11/h3-6,10,13H,7-9H2,1-2H3,(H,18,22)/t13-/m1/s1. The maximum absolute atomic E-state index is 13.1. The van der Waals surface area contributed by atoms with Gasteiger partial charge in [0.15, 0.2) is 5.82 Å². The predicted octanol–water partition coefficient (Wildman–Crippen LogP) is 2.17. The molecule has 5 nitrogen and oxygen atoms in total. The van der Waals surface area contributed by atoms with Crippen molar-refractivity contribution in [3.8, 4) is 11.4 Å². The number of halogens is 1. The second-order valence-electron chi connectivity index (χ2n) is 5.96. The minimum absolute atomic E-state index is 0.0288. The van der Waals surface area contributed by atoms with Gasteiger partial charge in [-0.2, -0.15) is 0 Å². The van der Waals surface area contributed by atoms with Crippen molar-refractivity contribution in [1.29, 1.82) is 0 Å². The van der Waals surface area contributed by atoms with Gasteiger partial charge >= 0.3 is 0 Å². The van der Waals surface area contributed by atoms with E-state index < -0.39 is 0 Å². The summed E-state index contributed by atoms with van der Waals surface area (Å²) in [4.78, 5) is 11.9. The molecule has 0 fully saturated rings. The van der Waals surface area contributed by atoms with E-state index >= 15 is 0 Å². The number of fused-ring (bicyclic) bond motifs is 1. The van der Waals surface area contributed by atoms with Crippen molar-refractivity contribution < 1.29 is 9.18 Å². The Balaban J connectivity index is 1.82. The summed E-state index contributed by atoms with van der Waals surface area (Å²) in [7, 11) is 0. The van der Waals surface area contributed by atoms with Crippen molar-refractivity contribution in [2.45, 2.75) is 39.3 Å². The Labute approximate surface area is 128 Å². The summed E-state index contributed by atoms with van der Waals surface area (Å²) in [6, 6.07) is 6.30. The first-order valence-corrected chi connectivity index (χ1v) is 7.53. The molecule has 116 valence electrons. The Hall–Kier alpha value is -2.24. The SMILES string of the molecule is CC(C)C(=O)N[C@@H]1CCc2nnc(-c3ccc(F)cc3)n2C1. The maximum atomic E-state index is 13.1. The molecule has 1 amide bonds. The Morgan fingerprint density at radius 1 is 1.32 bits per heavy atom. The monoisotopic (exact) mass is 302 g/mol. The number of carbonyl (C=O) groups excluding carboxylic acids is 1. The molecule has 0 bridgehead atoms. The molecule has 22 heavy (non-hydrogen) atoms. The van der Waals surface area contributed by atoms with Gasteiger partial charge in [0.25, 0.3) is 0 Å². The quantitative estimate of drug-likeness (QED) is 0.945. The van der Waals surface area contributed by atoms with E-state index in [0.29, 0.717) is 6.54 Å². The van der Waals surface area contributed by atoms with Crippen LogP contribution in [0.5, 0.6) is 0 Å². The number of carbonyl (C=O) groups is 1. The van der Waals surface area contributed by atoms with E-state index in [1.807, 2.05) is 18.4 Å². The summed E-state index contributed by atoms with van der Waals surface area (Å²) in [5.74, 6) is 1.39. The van der Waals surface area contributed by atoms with Crippen molar-refractivity contribution in [3.63, 3.8) is 0 Å². The number of nitrogens with zero attached hydrogens (tertiary/aromatic N) is 3. The van der Waals surface area contributed by atoms with Gasteiger partial charge in [-0.3, -0.25) is 4.79 Å². The van der Waals surface area contributed by atoms with Crippen molar-refractivity contribution in [2.75, 3.05) is 0 Å². The third-order valence-electron chi connectivity index (χ3n) is 3.92. The average Bonchev–Trinajstić information content (AvgIpc) is 2.91. The number of benzene rings is 1. The van der Waals surface area contributed by atoms with E-state index in [-0.39, 0.29) is 23.7 Å². The van der Waals surface area contributed by atoms with Gasteiger partial charge in [-0.1, -0.05) is 13.8 Å². The Bertz CT molecular complexity index is 678. The fourth-order valence-electron chi connectivity index (χ4n) is 2.63.